The second-order valence-electron chi connectivity index (χ2n) is 5.77. The van der Waals surface area contributed by atoms with Crippen molar-refractivity contribution in [2.24, 2.45) is 0 Å². The van der Waals surface area contributed by atoms with Crippen molar-refractivity contribution in [1.82, 2.24) is 4.98 Å². The molecule has 0 saturated heterocycles. The summed E-state index contributed by atoms with van der Waals surface area (Å²) in [5.41, 5.74) is 7.37. The van der Waals surface area contributed by atoms with Crippen molar-refractivity contribution >= 4 is 23.0 Å². The minimum Gasteiger partial charge on any atom is -0.437 e. The van der Waals surface area contributed by atoms with E-state index in [-0.39, 0.29) is 16.8 Å². The summed E-state index contributed by atoms with van der Waals surface area (Å²) in [7, 11) is 0. The first kappa shape index (κ1) is 17.8. The molecule has 0 spiro atoms. The van der Waals surface area contributed by atoms with Gasteiger partial charge in [-0.15, -0.1) is 0 Å². The molecule has 0 aliphatic rings. The molecule has 0 fully saturated rings. The summed E-state index contributed by atoms with van der Waals surface area (Å²) < 4.78 is 19.6. The summed E-state index contributed by atoms with van der Waals surface area (Å²) in [6.45, 7) is 1.59. The van der Waals surface area contributed by atoms with Gasteiger partial charge in [-0.1, -0.05) is 6.07 Å². The van der Waals surface area contributed by atoms with Crippen LogP contribution in [-0.4, -0.2) is 16.6 Å². The Morgan fingerprint density at radius 1 is 1.37 bits per heavy atom. The van der Waals surface area contributed by atoms with Crippen molar-refractivity contribution in [1.29, 1.82) is 5.26 Å². The smallest absolute Gasteiger partial charge is 0.258 e. The van der Waals surface area contributed by atoms with Gasteiger partial charge in [-0.2, -0.15) is 5.26 Å². The van der Waals surface area contributed by atoms with Gasteiger partial charge >= 0.3 is 0 Å². The van der Waals surface area contributed by atoms with Crippen LogP contribution in [-0.2, 0) is 0 Å². The van der Waals surface area contributed by atoms with Crippen molar-refractivity contribution in [3.8, 4) is 6.07 Å². The number of nitriles is 1. The number of rotatable bonds is 4. The molecular formula is C19H15FN5O2+. The number of nitrogens with two attached hydrogens (primary N) is 2. The zero-order valence-electron chi connectivity index (χ0n) is 14.3. The van der Waals surface area contributed by atoms with E-state index in [2.05, 4.69) is 10.3 Å². The van der Waals surface area contributed by atoms with E-state index >= 15 is 0 Å². The number of nitrogens with zero attached hydrogens (tertiary/aromatic N) is 2. The minimum absolute atomic E-state index is 0.195. The van der Waals surface area contributed by atoms with Gasteiger partial charge in [-0.3, -0.25) is 10.2 Å². The molecule has 0 radical (unpaired) electrons. The predicted octanol–water partition coefficient (Wildman–Crippen LogP) is 1.42. The standard InChI is InChI=1S/C19H14FN5O2/c1-10-2-3-11(7-21)17(20)16(10)19(26)25-12-4-5-14(22)13(6-12)18(23)15-8-24-9-27-15/h2-6,8-9,23H,22H2,1H3,(H,25,26)/p+1. The summed E-state index contributed by atoms with van der Waals surface area (Å²) >= 11 is 0. The third-order valence-electron chi connectivity index (χ3n) is 4.00. The van der Waals surface area contributed by atoms with E-state index in [1.54, 1.807) is 31.2 Å². The van der Waals surface area contributed by atoms with Crippen molar-refractivity contribution in [3.05, 3.63) is 76.8 Å². The summed E-state index contributed by atoms with van der Waals surface area (Å²) in [6.07, 6.45) is 2.67. The third kappa shape index (κ3) is 3.39. The van der Waals surface area contributed by atoms with Crippen LogP contribution < -0.4 is 16.5 Å². The predicted molar refractivity (Wildman–Crippen MR) is 96.3 cm³/mol. The van der Waals surface area contributed by atoms with Gasteiger partial charge in [-0.25, -0.2) is 9.37 Å². The molecule has 8 heteroatoms. The maximum atomic E-state index is 14.4. The molecule has 3 aromatic rings. The van der Waals surface area contributed by atoms with Crippen LogP contribution in [0.3, 0.4) is 0 Å². The number of hydrogen-bond acceptors (Lipinski definition) is 5. The van der Waals surface area contributed by atoms with Crippen LogP contribution in [0.2, 0.25) is 0 Å². The Bertz CT molecular complexity index is 1080. The molecule has 134 valence electrons. The van der Waals surface area contributed by atoms with Crippen LogP contribution in [0.15, 0.2) is 47.3 Å². The Labute approximate surface area is 153 Å². The Kier molecular flexibility index (Phi) is 4.68. The number of carbonyl (C=O) groups is 1. The van der Waals surface area contributed by atoms with Crippen molar-refractivity contribution < 1.29 is 19.0 Å². The molecule has 0 atom stereocenters. The molecule has 0 aliphatic heterocycles. The molecule has 1 amide bonds. The van der Waals surface area contributed by atoms with Crippen LogP contribution in [0.25, 0.3) is 0 Å². The fourth-order valence-electron chi connectivity index (χ4n) is 2.58. The Morgan fingerprint density at radius 2 is 2.15 bits per heavy atom. The Morgan fingerprint density at radius 3 is 2.81 bits per heavy atom. The fraction of sp³-hybridized carbons (Fsp3) is 0.0526. The molecule has 1 aromatic heterocycles. The Hall–Kier alpha value is -3.99. The summed E-state index contributed by atoms with van der Waals surface area (Å²) in [5.74, 6) is -1.22. The number of amides is 1. The lowest BCUT2D eigenvalue weighted by Gasteiger charge is -2.11. The van der Waals surface area contributed by atoms with Gasteiger partial charge in [0.15, 0.2) is 12.2 Å². The monoisotopic (exact) mass is 364 g/mol. The number of anilines is 2. The molecular weight excluding hydrogens is 349 g/mol. The maximum Gasteiger partial charge on any atom is 0.258 e. The first-order chi connectivity index (χ1) is 12.9. The fourth-order valence-corrected chi connectivity index (χ4v) is 2.58. The van der Waals surface area contributed by atoms with E-state index in [1.165, 1.54) is 24.7 Å². The van der Waals surface area contributed by atoms with E-state index in [0.717, 1.165) is 0 Å². The number of benzene rings is 2. The zero-order valence-corrected chi connectivity index (χ0v) is 14.3. The third-order valence-corrected chi connectivity index (χ3v) is 4.00. The largest absolute Gasteiger partial charge is 0.437 e. The normalized spacial score (nSPS) is 10.3. The Balaban J connectivity index is 1.93. The van der Waals surface area contributed by atoms with Gasteiger partial charge in [0.2, 0.25) is 5.76 Å². The molecule has 7 nitrogen and oxygen atoms in total. The van der Waals surface area contributed by atoms with Crippen LogP contribution >= 0.6 is 0 Å². The van der Waals surface area contributed by atoms with Crippen molar-refractivity contribution in [2.45, 2.75) is 6.92 Å². The highest BCUT2D eigenvalue weighted by Crippen LogP contribution is 2.23. The van der Waals surface area contributed by atoms with Gasteiger partial charge in [0.05, 0.1) is 22.9 Å². The second-order valence-corrected chi connectivity index (χ2v) is 5.77. The lowest BCUT2D eigenvalue weighted by Crippen LogP contribution is -2.41. The second kappa shape index (κ2) is 7.09. The lowest BCUT2D eigenvalue weighted by molar-refractivity contribution is -0.112. The number of nitrogens with one attached hydrogen (secondary N) is 1. The summed E-state index contributed by atoms with van der Waals surface area (Å²) in [6, 6.07) is 9.23. The molecule has 5 N–H and O–H groups in total. The molecule has 1 heterocycles. The molecule has 3 rings (SSSR count). The van der Waals surface area contributed by atoms with Gasteiger partial charge in [0, 0.05) is 11.4 Å². The quantitative estimate of drug-likeness (QED) is 0.476. The number of aryl methyl sites for hydroxylation is 1. The van der Waals surface area contributed by atoms with E-state index in [0.29, 0.717) is 28.3 Å². The SMILES string of the molecule is Cc1ccc(C#N)c(F)c1C(=O)Nc1ccc(N)c(C(=[NH2+])c2cnco2)c1. The lowest BCUT2D eigenvalue weighted by atomic mass is 10.0. The van der Waals surface area contributed by atoms with E-state index in [1.807, 2.05) is 0 Å². The molecule has 0 aliphatic carbocycles. The molecule has 0 unspecified atom stereocenters. The molecule has 0 bridgehead atoms. The zero-order chi connectivity index (χ0) is 19.6. The highest BCUT2D eigenvalue weighted by molar-refractivity contribution is 6.12. The van der Waals surface area contributed by atoms with E-state index in [9.17, 15) is 9.18 Å². The average molecular weight is 364 g/mol. The van der Waals surface area contributed by atoms with E-state index in [4.69, 9.17) is 20.8 Å². The van der Waals surface area contributed by atoms with E-state index < -0.39 is 11.7 Å². The van der Waals surface area contributed by atoms with Gasteiger partial charge in [0.1, 0.15) is 6.07 Å². The first-order valence-electron chi connectivity index (χ1n) is 7.84. The van der Waals surface area contributed by atoms with Gasteiger partial charge < -0.3 is 15.5 Å². The number of aromatic nitrogens is 1. The van der Waals surface area contributed by atoms with Gasteiger partial charge in [0.25, 0.3) is 11.6 Å². The van der Waals surface area contributed by atoms with Crippen LogP contribution in [0.5, 0.6) is 0 Å². The topological polar surface area (TPSA) is 131 Å². The van der Waals surface area contributed by atoms with Crippen LogP contribution in [0, 0.1) is 24.1 Å². The van der Waals surface area contributed by atoms with Crippen molar-refractivity contribution in [2.75, 3.05) is 11.1 Å². The highest BCUT2D eigenvalue weighted by Gasteiger charge is 2.21. The number of halogens is 1. The number of nitrogen functional groups attached to an aromatic ring is 1. The first-order valence-corrected chi connectivity index (χ1v) is 7.84. The molecule has 2 aromatic carbocycles. The number of hydrogen-bond donors (Lipinski definition) is 3. The summed E-state index contributed by atoms with van der Waals surface area (Å²) in [4.78, 5) is 16.4. The minimum atomic E-state index is -0.863. The molecule has 0 saturated carbocycles. The van der Waals surface area contributed by atoms with Crippen LogP contribution in [0.4, 0.5) is 15.8 Å². The van der Waals surface area contributed by atoms with Gasteiger partial charge in [-0.05, 0) is 36.8 Å². The molecule has 27 heavy (non-hydrogen) atoms. The number of carbonyl (C=O) groups excluding carboxylic acids is 1. The summed E-state index contributed by atoms with van der Waals surface area (Å²) in [5, 5.41) is 17.6. The number of oxazole rings is 1. The van der Waals surface area contributed by atoms with Crippen molar-refractivity contribution in [3.63, 3.8) is 0 Å². The average Bonchev–Trinajstić information content (AvgIpc) is 3.17. The maximum absolute atomic E-state index is 14.4. The van der Waals surface area contributed by atoms with Crippen LogP contribution in [0.1, 0.15) is 32.8 Å². The highest BCUT2D eigenvalue weighted by atomic mass is 19.1.